The molecule has 96 valence electrons. The molecule has 1 aromatic carbocycles. The molecule has 0 aromatic heterocycles. The van der Waals surface area contributed by atoms with Crippen molar-refractivity contribution in [3.63, 3.8) is 0 Å². The van der Waals surface area contributed by atoms with Gasteiger partial charge in [0.2, 0.25) is 0 Å². The monoisotopic (exact) mass is 247 g/mol. The minimum atomic E-state index is -0.0618. The quantitative estimate of drug-likeness (QED) is 0.799. The molecule has 0 N–H and O–H groups in total. The van der Waals surface area contributed by atoms with Crippen LogP contribution in [0.3, 0.4) is 0 Å². The number of benzene rings is 1. The fraction of sp³-hybridized carbons (Fsp3) is 0.429. The molecular weight excluding hydrogens is 230 g/mol. The number of ether oxygens (including phenoxy) is 1. The summed E-state index contributed by atoms with van der Waals surface area (Å²) in [5.41, 5.74) is 0.607. The average molecular weight is 247 g/mol. The zero-order valence-corrected chi connectivity index (χ0v) is 10.7. The van der Waals surface area contributed by atoms with Crippen LogP contribution in [0.4, 0.5) is 0 Å². The number of likely N-dealkylation sites (tertiary alicyclic amines) is 1. The van der Waals surface area contributed by atoms with Gasteiger partial charge in [0.15, 0.2) is 0 Å². The lowest BCUT2D eigenvalue weighted by Crippen LogP contribution is -2.43. The molecule has 0 bridgehead atoms. The Kier molecular flexibility index (Phi) is 3.65. The minimum absolute atomic E-state index is 0.0340. The first-order valence-electron chi connectivity index (χ1n) is 6.08. The molecule has 1 unspecified atom stereocenters. The molecule has 1 fully saturated rings. The maximum Gasteiger partial charge on any atom is 0.254 e. The highest BCUT2D eigenvalue weighted by Crippen LogP contribution is 2.18. The summed E-state index contributed by atoms with van der Waals surface area (Å²) in [6.07, 6.45) is 0.455. The number of carbonyl (C=O) groups is 2. The lowest BCUT2D eigenvalue weighted by Gasteiger charge is -2.30. The van der Waals surface area contributed by atoms with E-state index in [1.165, 1.54) is 0 Å². The lowest BCUT2D eigenvalue weighted by molar-refractivity contribution is -0.124. The van der Waals surface area contributed by atoms with Crippen molar-refractivity contribution in [1.82, 2.24) is 4.90 Å². The van der Waals surface area contributed by atoms with Crippen molar-refractivity contribution in [3.8, 4) is 5.75 Å². The maximum absolute atomic E-state index is 12.3. The number of hydrogen-bond acceptors (Lipinski definition) is 3. The summed E-state index contributed by atoms with van der Waals surface area (Å²) in [7, 11) is 1.57. The van der Waals surface area contributed by atoms with Crippen molar-refractivity contribution in [1.29, 1.82) is 0 Å². The Morgan fingerprint density at radius 2 is 2.22 bits per heavy atom. The van der Waals surface area contributed by atoms with E-state index >= 15 is 0 Å². The van der Waals surface area contributed by atoms with Crippen LogP contribution in [0.25, 0.3) is 0 Å². The summed E-state index contributed by atoms with van der Waals surface area (Å²) in [5.74, 6) is 0.813. The van der Waals surface area contributed by atoms with E-state index in [-0.39, 0.29) is 17.6 Å². The fourth-order valence-corrected chi connectivity index (χ4v) is 2.14. The number of Topliss-reactive ketones (excluding diaryl/α,β-unsaturated/α-hetero) is 1. The zero-order chi connectivity index (χ0) is 13.1. The van der Waals surface area contributed by atoms with Gasteiger partial charge in [0.25, 0.3) is 5.91 Å². The molecule has 1 aliphatic heterocycles. The topological polar surface area (TPSA) is 46.6 Å². The number of nitrogens with zero attached hydrogens (tertiary/aromatic N) is 1. The molecule has 1 amide bonds. The number of amides is 1. The second-order valence-corrected chi connectivity index (χ2v) is 4.60. The summed E-state index contributed by atoms with van der Waals surface area (Å²) < 4.78 is 5.11. The van der Waals surface area contributed by atoms with Crippen molar-refractivity contribution >= 4 is 11.7 Å². The lowest BCUT2D eigenvalue weighted by atomic mass is 9.98. The third kappa shape index (κ3) is 2.53. The van der Waals surface area contributed by atoms with Gasteiger partial charge in [-0.3, -0.25) is 9.59 Å². The molecule has 1 aliphatic rings. The van der Waals surface area contributed by atoms with Gasteiger partial charge in [-0.15, -0.1) is 0 Å². The van der Waals surface area contributed by atoms with Gasteiger partial charge in [0.05, 0.1) is 7.11 Å². The van der Waals surface area contributed by atoms with Crippen LogP contribution in [0.2, 0.25) is 0 Å². The largest absolute Gasteiger partial charge is 0.497 e. The van der Waals surface area contributed by atoms with Crippen molar-refractivity contribution in [2.24, 2.45) is 5.92 Å². The first kappa shape index (κ1) is 12.6. The van der Waals surface area contributed by atoms with Crippen molar-refractivity contribution < 1.29 is 14.3 Å². The van der Waals surface area contributed by atoms with E-state index in [0.29, 0.717) is 30.8 Å². The summed E-state index contributed by atoms with van der Waals surface area (Å²) in [4.78, 5) is 25.5. The van der Waals surface area contributed by atoms with Gasteiger partial charge < -0.3 is 9.64 Å². The summed E-state index contributed by atoms with van der Waals surface area (Å²) in [5, 5.41) is 0. The number of methoxy groups -OCH3 is 1. The van der Waals surface area contributed by atoms with Crippen LogP contribution in [0, 0.1) is 5.92 Å². The van der Waals surface area contributed by atoms with E-state index < -0.39 is 0 Å². The van der Waals surface area contributed by atoms with Crippen molar-refractivity contribution in [2.45, 2.75) is 13.3 Å². The second kappa shape index (κ2) is 5.21. The predicted octanol–water partition coefficient (Wildman–Crippen LogP) is 1.75. The second-order valence-electron chi connectivity index (χ2n) is 4.60. The van der Waals surface area contributed by atoms with E-state index in [0.717, 1.165) is 0 Å². The Morgan fingerprint density at radius 3 is 2.89 bits per heavy atom. The average Bonchev–Trinajstić information content (AvgIpc) is 2.41. The molecule has 4 nitrogen and oxygen atoms in total. The van der Waals surface area contributed by atoms with Crippen LogP contribution in [-0.2, 0) is 4.79 Å². The third-order valence-corrected chi connectivity index (χ3v) is 3.28. The van der Waals surface area contributed by atoms with Crippen molar-refractivity contribution in [3.05, 3.63) is 29.8 Å². The Bertz CT molecular complexity index is 470. The Morgan fingerprint density at radius 1 is 1.44 bits per heavy atom. The Labute approximate surface area is 107 Å². The molecule has 1 atom stereocenters. The van der Waals surface area contributed by atoms with Gasteiger partial charge in [0, 0.05) is 31.0 Å². The summed E-state index contributed by atoms with van der Waals surface area (Å²) >= 11 is 0. The van der Waals surface area contributed by atoms with Gasteiger partial charge in [0.1, 0.15) is 11.5 Å². The van der Waals surface area contributed by atoms with Gasteiger partial charge >= 0.3 is 0 Å². The number of piperidine rings is 1. The Balaban J connectivity index is 2.13. The number of hydrogen-bond donors (Lipinski definition) is 0. The first-order chi connectivity index (χ1) is 8.61. The van der Waals surface area contributed by atoms with Crippen LogP contribution in [-0.4, -0.2) is 36.8 Å². The van der Waals surface area contributed by atoms with E-state index in [1.54, 1.807) is 36.3 Å². The molecule has 1 saturated heterocycles. The van der Waals surface area contributed by atoms with Crippen LogP contribution < -0.4 is 4.74 Å². The third-order valence-electron chi connectivity index (χ3n) is 3.28. The summed E-state index contributed by atoms with van der Waals surface area (Å²) in [6, 6.07) is 7.10. The molecule has 0 aliphatic carbocycles. The van der Waals surface area contributed by atoms with Gasteiger partial charge in [-0.1, -0.05) is 13.0 Å². The van der Waals surface area contributed by atoms with Crippen LogP contribution >= 0.6 is 0 Å². The smallest absolute Gasteiger partial charge is 0.254 e. The fourth-order valence-electron chi connectivity index (χ4n) is 2.14. The molecule has 2 rings (SSSR count). The van der Waals surface area contributed by atoms with E-state index in [9.17, 15) is 9.59 Å². The van der Waals surface area contributed by atoms with E-state index in [2.05, 4.69) is 0 Å². The van der Waals surface area contributed by atoms with Crippen LogP contribution in [0.5, 0.6) is 5.75 Å². The van der Waals surface area contributed by atoms with E-state index in [1.807, 2.05) is 6.92 Å². The van der Waals surface area contributed by atoms with Gasteiger partial charge in [-0.2, -0.15) is 0 Å². The minimum Gasteiger partial charge on any atom is -0.497 e. The standard InChI is InChI=1S/C14H17NO3/c1-10-9-15(7-6-13(10)16)14(17)11-4-3-5-12(8-11)18-2/h3-5,8,10H,6-7,9H2,1-2H3. The molecule has 18 heavy (non-hydrogen) atoms. The van der Waals surface area contributed by atoms with E-state index in [4.69, 9.17) is 4.74 Å². The first-order valence-corrected chi connectivity index (χ1v) is 6.08. The molecule has 1 aromatic rings. The molecule has 0 saturated carbocycles. The highest BCUT2D eigenvalue weighted by atomic mass is 16.5. The van der Waals surface area contributed by atoms with Gasteiger partial charge in [-0.05, 0) is 18.2 Å². The van der Waals surface area contributed by atoms with Crippen molar-refractivity contribution in [2.75, 3.05) is 20.2 Å². The highest BCUT2D eigenvalue weighted by molar-refractivity contribution is 5.96. The molecule has 1 heterocycles. The maximum atomic E-state index is 12.3. The molecule has 0 radical (unpaired) electrons. The normalized spacial score (nSPS) is 19.8. The summed E-state index contributed by atoms with van der Waals surface area (Å²) in [6.45, 7) is 2.89. The zero-order valence-electron chi connectivity index (χ0n) is 10.7. The number of carbonyl (C=O) groups excluding carboxylic acids is 2. The molecule has 4 heteroatoms. The Hall–Kier alpha value is -1.84. The SMILES string of the molecule is COc1cccc(C(=O)N2CCC(=O)C(C)C2)c1. The van der Waals surface area contributed by atoms with Crippen LogP contribution in [0.1, 0.15) is 23.7 Å². The van der Waals surface area contributed by atoms with Gasteiger partial charge in [-0.25, -0.2) is 0 Å². The van der Waals surface area contributed by atoms with Crippen LogP contribution in [0.15, 0.2) is 24.3 Å². The molecular formula is C14H17NO3. The highest BCUT2D eigenvalue weighted by Gasteiger charge is 2.27. The predicted molar refractivity (Wildman–Crippen MR) is 67.7 cm³/mol. The number of rotatable bonds is 2. The number of ketones is 1. The molecule has 0 spiro atoms.